The van der Waals surface area contributed by atoms with E-state index in [0.717, 1.165) is 13.1 Å². The van der Waals surface area contributed by atoms with E-state index in [1.807, 2.05) is 0 Å². The first-order valence-electron chi connectivity index (χ1n) is 5.62. The predicted octanol–water partition coefficient (Wildman–Crippen LogP) is -1.61. The lowest BCUT2D eigenvalue weighted by Gasteiger charge is -2.20. The van der Waals surface area contributed by atoms with Crippen molar-refractivity contribution in [2.24, 2.45) is 0 Å². The van der Waals surface area contributed by atoms with Gasteiger partial charge < -0.3 is 25.5 Å². The van der Waals surface area contributed by atoms with Crippen LogP contribution in [0.3, 0.4) is 0 Å². The fourth-order valence-electron chi connectivity index (χ4n) is 1.81. The molecule has 0 saturated carbocycles. The average Bonchev–Trinajstić information content (AvgIpc) is 2.70. The minimum atomic E-state index is -0.732. The van der Waals surface area contributed by atoms with Gasteiger partial charge in [0, 0.05) is 19.6 Å². The Bertz CT molecular complexity index is 163. The summed E-state index contributed by atoms with van der Waals surface area (Å²) in [6.45, 7) is 3.41. The van der Waals surface area contributed by atoms with Crippen molar-refractivity contribution in [3.63, 3.8) is 0 Å². The summed E-state index contributed by atoms with van der Waals surface area (Å²) in [5, 5.41) is 30.2. The van der Waals surface area contributed by atoms with Crippen molar-refractivity contribution in [2.75, 3.05) is 39.3 Å². The first-order valence-corrected chi connectivity index (χ1v) is 5.62. The second-order valence-electron chi connectivity index (χ2n) is 4.16. The van der Waals surface area contributed by atoms with Gasteiger partial charge in [0.05, 0.1) is 18.8 Å². The fraction of sp³-hybridized carbons (Fsp3) is 1.00. The van der Waals surface area contributed by atoms with Crippen molar-refractivity contribution < 1.29 is 15.3 Å². The highest BCUT2D eigenvalue weighted by molar-refractivity contribution is 4.72. The molecule has 1 saturated heterocycles. The molecule has 1 rings (SSSR count). The molecule has 1 heterocycles. The van der Waals surface area contributed by atoms with Gasteiger partial charge in [-0.15, -0.1) is 0 Å². The zero-order valence-electron chi connectivity index (χ0n) is 9.10. The van der Waals surface area contributed by atoms with Crippen LogP contribution in [0.2, 0.25) is 0 Å². The Kier molecular flexibility index (Phi) is 6.12. The van der Waals surface area contributed by atoms with Crippen molar-refractivity contribution in [3.05, 3.63) is 0 Å². The molecule has 0 aromatic carbocycles. The number of β-amino-alcohol motifs (C(OH)–C–C–N with tert-alkyl or cyclic N) is 1. The van der Waals surface area contributed by atoms with E-state index in [9.17, 15) is 5.11 Å². The Balaban J connectivity index is 2.00. The van der Waals surface area contributed by atoms with Crippen molar-refractivity contribution in [3.8, 4) is 0 Å². The highest BCUT2D eigenvalue weighted by Crippen LogP contribution is 2.07. The Hall–Kier alpha value is -0.200. The fourth-order valence-corrected chi connectivity index (χ4v) is 1.81. The van der Waals surface area contributed by atoms with E-state index in [1.165, 1.54) is 12.8 Å². The number of aliphatic hydroxyl groups is 3. The zero-order valence-corrected chi connectivity index (χ0v) is 9.10. The van der Waals surface area contributed by atoms with Gasteiger partial charge in [0.25, 0.3) is 0 Å². The maximum absolute atomic E-state index is 9.65. The Morgan fingerprint density at radius 1 is 1.07 bits per heavy atom. The molecule has 5 nitrogen and oxygen atoms in total. The van der Waals surface area contributed by atoms with Gasteiger partial charge in [-0.3, -0.25) is 0 Å². The Labute approximate surface area is 90.7 Å². The summed E-state index contributed by atoms with van der Waals surface area (Å²) in [6, 6.07) is 0. The maximum atomic E-state index is 9.65. The molecule has 0 bridgehead atoms. The van der Waals surface area contributed by atoms with Gasteiger partial charge >= 0.3 is 0 Å². The molecule has 2 atom stereocenters. The normalized spacial score (nSPS) is 21.8. The molecule has 0 aromatic rings. The van der Waals surface area contributed by atoms with Crippen LogP contribution >= 0.6 is 0 Å². The van der Waals surface area contributed by atoms with Crippen LogP contribution in [0.4, 0.5) is 0 Å². The molecule has 1 aliphatic heterocycles. The molecule has 0 aliphatic carbocycles. The Morgan fingerprint density at radius 2 is 1.67 bits per heavy atom. The van der Waals surface area contributed by atoms with Crippen molar-refractivity contribution >= 4 is 0 Å². The first kappa shape index (κ1) is 12.9. The van der Waals surface area contributed by atoms with E-state index in [2.05, 4.69) is 10.2 Å². The van der Waals surface area contributed by atoms with Gasteiger partial charge in [-0.2, -0.15) is 0 Å². The highest BCUT2D eigenvalue weighted by atomic mass is 16.3. The molecule has 0 aromatic heterocycles. The molecule has 4 N–H and O–H groups in total. The number of likely N-dealkylation sites (tertiary alicyclic amines) is 1. The van der Waals surface area contributed by atoms with Crippen LogP contribution in [0.15, 0.2) is 0 Å². The van der Waals surface area contributed by atoms with Gasteiger partial charge in [-0.05, 0) is 25.9 Å². The van der Waals surface area contributed by atoms with E-state index < -0.39 is 12.2 Å². The topological polar surface area (TPSA) is 76.0 Å². The summed E-state index contributed by atoms with van der Waals surface area (Å²) >= 11 is 0. The van der Waals surface area contributed by atoms with E-state index >= 15 is 0 Å². The van der Waals surface area contributed by atoms with E-state index in [1.54, 1.807) is 0 Å². The molecule has 1 aliphatic rings. The van der Waals surface area contributed by atoms with Crippen LogP contribution in [-0.2, 0) is 0 Å². The molecule has 0 amide bonds. The molecule has 15 heavy (non-hydrogen) atoms. The monoisotopic (exact) mass is 218 g/mol. The third-order valence-corrected chi connectivity index (χ3v) is 2.64. The summed E-state index contributed by atoms with van der Waals surface area (Å²) in [4.78, 5) is 2.24. The third-order valence-electron chi connectivity index (χ3n) is 2.64. The Morgan fingerprint density at radius 3 is 2.27 bits per heavy atom. The minimum Gasteiger partial charge on any atom is -0.394 e. The van der Waals surface area contributed by atoms with Gasteiger partial charge in [0.2, 0.25) is 0 Å². The van der Waals surface area contributed by atoms with Gasteiger partial charge in [0.1, 0.15) is 0 Å². The summed E-state index contributed by atoms with van der Waals surface area (Å²) in [6.07, 6.45) is 1.32. The van der Waals surface area contributed by atoms with E-state index in [0.29, 0.717) is 19.6 Å². The number of hydrogen-bond donors (Lipinski definition) is 4. The van der Waals surface area contributed by atoms with Gasteiger partial charge in [-0.1, -0.05) is 0 Å². The predicted molar refractivity (Wildman–Crippen MR) is 57.6 cm³/mol. The molecular weight excluding hydrogens is 196 g/mol. The maximum Gasteiger partial charge on any atom is 0.0894 e. The average molecular weight is 218 g/mol. The zero-order chi connectivity index (χ0) is 11.1. The molecule has 90 valence electrons. The van der Waals surface area contributed by atoms with Crippen molar-refractivity contribution in [2.45, 2.75) is 25.0 Å². The first-order chi connectivity index (χ1) is 7.22. The lowest BCUT2D eigenvalue weighted by Crippen LogP contribution is -2.40. The molecule has 5 heteroatoms. The van der Waals surface area contributed by atoms with Crippen LogP contribution in [0.5, 0.6) is 0 Å². The summed E-state index contributed by atoms with van der Waals surface area (Å²) in [5.74, 6) is 0. The molecule has 1 fully saturated rings. The number of hydrogen-bond acceptors (Lipinski definition) is 5. The summed E-state index contributed by atoms with van der Waals surface area (Å²) in [7, 11) is 0. The summed E-state index contributed by atoms with van der Waals surface area (Å²) < 4.78 is 0. The van der Waals surface area contributed by atoms with E-state index in [-0.39, 0.29) is 6.61 Å². The van der Waals surface area contributed by atoms with Crippen molar-refractivity contribution in [1.29, 1.82) is 0 Å². The van der Waals surface area contributed by atoms with E-state index in [4.69, 9.17) is 10.2 Å². The van der Waals surface area contributed by atoms with Crippen molar-refractivity contribution in [1.82, 2.24) is 10.2 Å². The second-order valence-corrected chi connectivity index (χ2v) is 4.16. The number of nitrogens with zero attached hydrogens (tertiary/aromatic N) is 1. The van der Waals surface area contributed by atoms with Crippen LogP contribution < -0.4 is 5.32 Å². The lowest BCUT2D eigenvalue weighted by molar-refractivity contribution is 0.0841. The lowest BCUT2D eigenvalue weighted by atomic mass is 10.3. The third kappa shape index (κ3) is 5.44. The largest absolute Gasteiger partial charge is 0.394 e. The summed E-state index contributed by atoms with van der Waals surface area (Å²) in [5.41, 5.74) is 0. The second kappa shape index (κ2) is 7.14. The quantitative estimate of drug-likeness (QED) is 0.413. The van der Waals surface area contributed by atoms with Gasteiger partial charge in [0.15, 0.2) is 0 Å². The SMILES string of the molecule is OCC(O)CNCC(O)CN1CCCC1. The highest BCUT2D eigenvalue weighted by Gasteiger charge is 2.15. The number of nitrogens with one attached hydrogen (secondary N) is 1. The van der Waals surface area contributed by atoms with Gasteiger partial charge in [-0.25, -0.2) is 0 Å². The smallest absolute Gasteiger partial charge is 0.0894 e. The van der Waals surface area contributed by atoms with Crippen LogP contribution in [-0.4, -0.2) is 71.8 Å². The molecule has 2 unspecified atom stereocenters. The molecule has 0 spiro atoms. The van der Waals surface area contributed by atoms with Crippen LogP contribution in [0.1, 0.15) is 12.8 Å². The standard InChI is InChI=1S/C10H22N2O3/c13-8-10(15)6-11-5-9(14)7-12-3-1-2-4-12/h9-11,13-15H,1-8H2. The number of rotatable bonds is 7. The van der Waals surface area contributed by atoms with Crippen LogP contribution in [0.25, 0.3) is 0 Å². The molecule has 0 radical (unpaired) electrons. The molecular formula is C10H22N2O3. The minimum absolute atomic E-state index is 0.241. The number of aliphatic hydroxyl groups excluding tert-OH is 3. The van der Waals surface area contributed by atoms with Crippen LogP contribution in [0, 0.1) is 0 Å².